The van der Waals surface area contributed by atoms with Gasteiger partial charge in [0.05, 0.1) is 12.1 Å². The Kier molecular flexibility index (Phi) is 4.85. The van der Waals surface area contributed by atoms with Crippen molar-refractivity contribution in [3.63, 3.8) is 0 Å². The van der Waals surface area contributed by atoms with Gasteiger partial charge in [-0.15, -0.1) is 0 Å². The largest absolute Gasteiger partial charge is 0.495 e. The number of nitrogens with one attached hydrogen (secondary N) is 1. The van der Waals surface area contributed by atoms with Gasteiger partial charge in [-0.2, -0.15) is 0 Å². The van der Waals surface area contributed by atoms with Crippen LogP contribution in [0.2, 0.25) is 5.02 Å². The zero-order valence-corrected chi connectivity index (χ0v) is 15.7. The average molecular weight is 390 g/mol. The molecule has 7 nitrogen and oxygen atoms in total. The Morgan fingerprint density at radius 3 is 2.59 bits per heavy atom. The third kappa shape index (κ3) is 3.68. The summed E-state index contributed by atoms with van der Waals surface area (Å²) < 4.78 is 15.8. The highest BCUT2D eigenvalue weighted by Crippen LogP contribution is 2.34. The Morgan fingerprint density at radius 1 is 1.07 bits per heavy atom. The number of ether oxygens (including phenoxy) is 3. The zero-order valence-electron chi connectivity index (χ0n) is 14.9. The van der Waals surface area contributed by atoms with Crippen molar-refractivity contribution in [1.29, 1.82) is 0 Å². The molecule has 27 heavy (non-hydrogen) atoms. The van der Waals surface area contributed by atoms with Crippen LogP contribution in [0.3, 0.4) is 0 Å². The van der Waals surface area contributed by atoms with E-state index < -0.39 is 0 Å². The number of methoxy groups -OCH3 is 1. The number of piperazine rings is 1. The number of amides is 2. The molecule has 0 unspecified atom stereocenters. The van der Waals surface area contributed by atoms with E-state index in [2.05, 4.69) is 10.2 Å². The minimum atomic E-state index is -0.124. The van der Waals surface area contributed by atoms with Crippen molar-refractivity contribution in [2.75, 3.05) is 50.3 Å². The van der Waals surface area contributed by atoms with Crippen LogP contribution in [0.15, 0.2) is 36.4 Å². The molecule has 1 fully saturated rings. The van der Waals surface area contributed by atoms with Crippen molar-refractivity contribution < 1.29 is 19.0 Å². The van der Waals surface area contributed by atoms with Gasteiger partial charge < -0.3 is 29.3 Å². The summed E-state index contributed by atoms with van der Waals surface area (Å²) in [6, 6.07) is 11.0. The maximum Gasteiger partial charge on any atom is 0.321 e. The summed E-state index contributed by atoms with van der Waals surface area (Å²) in [5.41, 5.74) is 1.71. The van der Waals surface area contributed by atoms with E-state index >= 15 is 0 Å². The molecular formula is C19H20ClN3O4. The van der Waals surface area contributed by atoms with Gasteiger partial charge in [-0.3, -0.25) is 0 Å². The summed E-state index contributed by atoms with van der Waals surface area (Å²) in [6.45, 7) is 2.93. The number of rotatable bonds is 3. The standard InChI is InChI=1S/C19H20ClN3O4/c1-25-16-5-3-14(11-15(16)20)22-6-8-23(9-7-22)19(24)21-13-2-4-17-18(10-13)27-12-26-17/h2-5,10-11H,6-9,12H2,1H3,(H,21,24). The van der Waals surface area contributed by atoms with Crippen molar-refractivity contribution in [2.45, 2.75) is 0 Å². The number of anilines is 2. The number of nitrogens with zero attached hydrogens (tertiary/aromatic N) is 2. The van der Waals surface area contributed by atoms with Gasteiger partial charge in [0.25, 0.3) is 0 Å². The molecular weight excluding hydrogens is 370 g/mol. The third-order valence-corrected chi connectivity index (χ3v) is 4.99. The normalized spacial score (nSPS) is 15.6. The van der Waals surface area contributed by atoms with E-state index in [-0.39, 0.29) is 12.8 Å². The maximum absolute atomic E-state index is 12.5. The first-order chi connectivity index (χ1) is 13.1. The lowest BCUT2D eigenvalue weighted by Crippen LogP contribution is -2.50. The van der Waals surface area contributed by atoms with Gasteiger partial charge in [0.15, 0.2) is 11.5 Å². The molecule has 2 aliphatic heterocycles. The van der Waals surface area contributed by atoms with Crippen molar-refractivity contribution in [2.24, 2.45) is 0 Å². The van der Waals surface area contributed by atoms with E-state index in [1.54, 1.807) is 30.2 Å². The fourth-order valence-electron chi connectivity index (χ4n) is 3.20. The predicted molar refractivity (Wildman–Crippen MR) is 103 cm³/mol. The van der Waals surface area contributed by atoms with Gasteiger partial charge in [-0.25, -0.2) is 4.79 Å². The second kappa shape index (κ2) is 7.44. The van der Waals surface area contributed by atoms with E-state index in [1.165, 1.54) is 0 Å². The van der Waals surface area contributed by atoms with Crippen LogP contribution in [0.1, 0.15) is 0 Å². The van der Waals surface area contributed by atoms with Gasteiger partial charge >= 0.3 is 6.03 Å². The molecule has 0 aliphatic carbocycles. The summed E-state index contributed by atoms with van der Waals surface area (Å²) in [4.78, 5) is 16.5. The van der Waals surface area contributed by atoms with Crippen molar-refractivity contribution in [3.05, 3.63) is 41.4 Å². The van der Waals surface area contributed by atoms with Crippen molar-refractivity contribution in [1.82, 2.24) is 4.90 Å². The Bertz CT molecular complexity index is 853. The van der Waals surface area contributed by atoms with Gasteiger partial charge in [0.2, 0.25) is 6.79 Å². The van der Waals surface area contributed by atoms with E-state index in [4.69, 9.17) is 25.8 Å². The molecule has 0 radical (unpaired) electrons. The molecule has 0 bridgehead atoms. The quantitative estimate of drug-likeness (QED) is 0.871. The van der Waals surface area contributed by atoms with Crippen LogP contribution in [0.25, 0.3) is 0 Å². The smallest absolute Gasteiger partial charge is 0.321 e. The lowest BCUT2D eigenvalue weighted by molar-refractivity contribution is 0.174. The molecule has 2 aromatic rings. The molecule has 0 atom stereocenters. The highest BCUT2D eigenvalue weighted by Gasteiger charge is 2.22. The van der Waals surface area contributed by atoms with Crippen LogP contribution in [0, 0.1) is 0 Å². The number of urea groups is 1. The third-order valence-electron chi connectivity index (χ3n) is 4.69. The van der Waals surface area contributed by atoms with Crippen LogP contribution >= 0.6 is 11.6 Å². The number of hydrogen-bond acceptors (Lipinski definition) is 5. The number of halogens is 1. The first-order valence-corrected chi connectivity index (χ1v) is 9.06. The lowest BCUT2D eigenvalue weighted by Gasteiger charge is -2.36. The van der Waals surface area contributed by atoms with Crippen LogP contribution in [0.4, 0.5) is 16.2 Å². The SMILES string of the molecule is COc1ccc(N2CCN(C(=O)Nc3ccc4c(c3)OCO4)CC2)cc1Cl. The summed E-state index contributed by atoms with van der Waals surface area (Å²) >= 11 is 6.21. The number of carbonyl (C=O) groups excluding carboxylic acids is 1. The Labute approximate surface area is 162 Å². The van der Waals surface area contributed by atoms with Crippen molar-refractivity contribution >= 4 is 29.0 Å². The van der Waals surface area contributed by atoms with E-state index in [0.29, 0.717) is 41.0 Å². The maximum atomic E-state index is 12.5. The van der Waals surface area contributed by atoms with Crippen molar-refractivity contribution in [3.8, 4) is 17.2 Å². The predicted octanol–water partition coefficient (Wildman–Crippen LogP) is 3.43. The first-order valence-electron chi connectivity index (χ1n) is 8.68. The summed E-state index contributed by atoms with van der Waals surface area (Å²) in [6.07, 6.45) is 0. The van der Waals surface area contributed by atoms with Crippen LogP contribution in [-0.2, 0) is 0 Å². The Morgan fingerprint density at radius 2 is 1.85 bits per heavy atom. The van der Waals surface area contributed by atoms with Crippen LogP contribution < -0.4 is 24.4 Å². The Hall–Kier alpha value is -2.80. The fourth-order valence-corrected chi connectivity index (χ4v) is 3.45. The minimum Gasteiger partial charge on any atom is -0.495 e. The second-order valence-electron chi connectivity index (χ2n) is 6.29. The zero-order chi connectivity index (χ0) is 18.8. The van der Waals surface area contributed by atoms with E-state index in [1.807, 2.05) is 18.2 Å². The van der Waals surface area contributed by atoms with Gasteiger partial charge in [0.1, 0.15) is 5.75 Å². The molecule has 8 heteroatoms. The molecule has 142 valence electrons. The molecule has 2 aromatic carbocycles. The molecule has 1 saturated heterocycles. The number of benzene rings is 2. The molecule has 1 N–H and O–H groups in total. The molecule has 0 aromatic heterocycles. The monoisotopic (exact) mass is 389 g/mol. The molecule has 0 spiro atoms. The Balaban J connectivity index is 1.34. The number of hydrogen-bond donors (Lipinski definition) is 1. The summed E-state index contributed by atoms with van der Waals surface area (Å²) in [7, 11) is 1.60. The average Bonchev–Trinajstić information content (AvgIpc) is 3.16. The van der Waals surface area contributed by atoms with E-state index in [0.717, 1.165) is 18.8 Å². The first kappa shape index (κ1) is 17.6. The molecule has 4 rings (SSSR count). The molecule has 2 aliphatic rings. The molecule has 0 saturated carbocycles. The van der Waals surface area contributed by atoms with E-state index in [9.17, 15) is 4.79 Å². The van der Waals surface area contributed by atoms with Crippen LogP contribution in [-0.4, -0.2) is 51.0 Å². The summed E-state index contributed by atoms with van der Waals surface area (Å²) in [5.74, 6) is 2.00. The second-order valence-corrected chi connectivity index (χ2v) is 6.70. The highest BCUT2D eigenvalue weighted by atomic mass is 35.5. The van der Waals surface area contributed by atoms with Gasteiger partial charge in [-0.05, 0) is 30.3 Å². The van der Waals surface area contributed by atoms with Gasteiger partial charge in [0, 0.05) is 43.6 Å². The van der Waals surface area contributed by atoms with Gasteiger partial charge in [-0.1, -0.05) is 11.6 Å². The molecule has 2 heterocycles. The highest BCUT2D eigenvalue weighted by molar-refractivity contribution is 6.32. The van der Waals surface area contributed by atoms with Crippen LogP contribution in [0.5, 0.6) is 17.2 Å². The summed E-state index contributed by atoms with van der Waals surface area (Å²) in [5, 5.41) is 3.50. The fraction of sp³-hybridized carbons (Fsp3) is 0.316. The lowest BCUT2D eigenvalue weighted by atomic mass is 10.2. The minimum absolute atomic E-state index is 0.124. The number of fused-ring (bicyclic) bond motifs is 1. The molecule has 2 amide bonds. The topological polar surface area (TPSA) is 63.3 Å². The number of carbonyl (C=O) groups is 1.